The van der Waals surface area contributed by atoms with Crippen molar-refractivity contribution in [1.29, 1.82) is 0 Å². The predicted molar refractivity (Wildman–Crippen MR) is 77.2 cm³/mol. The zero-order valence-electron chi connectivity index (χ0n) is 10.5. The number of alkyl halides is 1. The number of para-hydroxylation sites is 1. The Labute approximate surface area is 113 Å². The van der Waals surface area contributed by atoms with Gasteiger partial charge >= 0.3 is 0 Å². The Morgan fingerprint density at radius 3 is 2.56 bits per heavy atom. The molecule has 0 N–H and O–H groups in total. The number of hydrogen-bond donors (Lipinski definition) is 0. The molecule has 0 saturated heterocycles. The summed E-state index contributed by atoms with van der Waals surface area (Å²) in [5.74, 6) is 0.551. The maximum Gasteiger partial charge on any atom is 0.0494 e. The van der Waals surface area contributed by atoms with Crippen LogP contribution in [0, 0.1) is 0 Å². The van der Waals surface area contributed by atoms with Crippen molar-refractivity contribution >= 4 is 17.3 Å². The van der Waals surface area contributed by atoms with Gasteiger partial charge in [-0.2, -0.15) is 0 Å². The topological polar surface area (TPSA) is 16.1 Å². The van der Waals surface area contributed by atoms with Crippen LogP contribution in [0.15, 0.2) is 48.8 Å². The molecule has 1 heterocycles. The number of likely N-dealkylation sites (N-methyl/N-ethyl adjacent to an activating group) is 1. The lowest BCUT2D eigenvalue weighted by atomic mass is 10.1. The van der Waals surface area contributed by atoms with Crippen molar-refractivity contribution in [1.82, 2.24) is 4.98 Å². The van der Waals surface area contributed by atoms with Gasteiger partial charge in [0.15, 0.2) is 0 Å². The molecule has 0 spiro atoms. The molecule has 0 atom stereocenters. The Balaban J connectivity index is 2.01. The van der Waals surface area contributed by atoms with E-state index in [1.54, 1.807) is 0 Å². The summed E-state index contributed by atoms with van der Waals surface area (Å²) in [7, 11) is 2.10. The molecule has 2 nitrogen and oxygen atoms in total. The lowest BCUT2D eigenvalue weighted by Crippen LogP contribution is -2.21. The van der Waals surface area contributed by atoms with Gasteiger partial charge in [-0.05, 0) is 35.7 Å². The summed E-state index contributed by atoms with van der Waals surface area (Å²) in [5, 5.41) is 0. The van der Waals surface area contributed by atoms with Crippen LogP contribution in [0.25, 0.3) is 0 Å². The van der Waals surface area contributed by atoms with Gasteiger partial charge in [-0.1, -0.05) is 18.2 Å². The summed E-state index contributed by atoms with van der Waals surface area (Å²) in [6.07, 6.45) is 4.68. The monoisotopic (exact) mass is 260 g/mol. The fourth-order valence-electron chi connectivity index (χ4n) is 1.96. The molecule has 0 amide bonds. The zero-order valence-corrected chi connectivity index (χ0v) is 11.3. The molecule has 1 aromatic heterocycles. The Bertz CT molecular complexity index is 485. The molecule has 94 valence electrons. The highest BCUT2D eigenvalue weighted by molar-refractivity contribution is 6.17. The first-order valence-corrected chi connectivity index (χ1v) is 6.58. The number of nitrogens with zero attached hydrogens (tertiary/aromatic N) is 2. The van der Waals surface area contributed by atoms with E-state index < -0.39 is 0 Å². The Hall–Kier alpha value is -1.54. The van der Waals surface area contributed by atoms with Gasteiger partial charge in [-0.15, -0.1) is 11.6 Å². The molecule has 0 bridgehead atoms. The van der Waals surface area contributed by atoms with Crippen molar-refractivity contribution in [3.63, 3.8) is 0 Å². The minimum atomic E-state index is 0.551. The van der Waals surface area contributed by atoms with Crippen LogP contribution in [-0.4, -0.2) is 18.6 Å². The summed E-state index contributed by atoms with van der Waals surface area (Å²) in [6, 6.07) is 12.4. The van der Waals surface area contributed by atoms with Crippen molar-refractivity contribution in [2.24, 2.45) is 0 Å². The Morgan fingerprint density at radius 1 is 1.11 bits per heavy atom. The van der Waals surface area contributed by atoms with E-state index in [2.05, 4.69) is 41.2 Å². The van der Waals surface area contributed by atoms with Crippen LogP contribution in [0.4, 0.5) is 5.69 Å². The molecule has 1 aromatic carbocycles. The van der Waals surface area contributed by atoms with E-state index in [0.29, 0.717) is 5.88 Å². The number of aromatic nitrogens is 1. The molecule has 0 saturated carbocycles. The summed E-state index contributed by atoms with van der Waals surface area (Å²) in [4.78, 5) is 6.28. The van der Waals surface area contributed by atoms with Crippen LogP contribution in [-0.2, 0) is 12.3 Å². The average Bonchev–Trinajstić information content (AvgIpc) is 2.45. The number of pyridine rings is 1. The van der Waals surface area contributed by atoms with E-state index >= 15 is 0 Å². The van der Waals surface area contributed by atoms with Gasteiger partial charge in [0.05, 0.1) is 0 Å². The molecular formula is C15H17ClN2. The van der Waals surface area contributed by atoms with Gasteiger partial charge in [0, 0.05) is 37.6 Å². The maximum atomic E-state index is 5.96. The molecule has 3 heteroatoms. The third-order valence-corrected chi connectivity index (χ3v) is 3.32. The number of hydrogen-bond acceptors (Lipinski definition) is 2. The molecule has 0 fully saturated rings. The van der Waals surface area contributed by atoms with E-state index in [9.17, 15) is 0 Å². The van der Waals surface area contributed by atoms with Crippen molar-refractivity contribution in [3.8, 4) is 0 Å². The molecule has 0 aliphatic heterocycles. The van der Waals surface area contributed by atoms with Crippen LogP contribution in [0.2, 0.25) is 0 Å². The summed E-state index contributed by atoms with van der Waals surface area (Å²) < 4.78 is 0. The number of halogens is 1. The van der Waals surface area contributed by atoms with Gasteiger partial charge < -0.3 is 4.90 Å². The van der Waals surface area contributed by atoms with Gasteiger partial charge in [-0.25, -0.2) is 0 Å². The maximum absolute atomic E-state index is 5.96. The van der Waals surface area contributed by atoms with Crippen molar-refractivity contribution in [2.45, 2.75) is 12.3 Å². The van der Waals surface area contributed by atoms with Crippen LogP contribution < -0.4 is 4.90 Å². The summed E-state index contributed by atoms with van der Waals surface area (Å²) >= 11 is 5.96. The molecule has 0 unspecified atom stereocenters. The van der Waals surface area contributed by atoms with Crippen LogP contribution in [0.3, 0.4) is 0 Å². The summed E-state index contributed by atoms with van der Waals surface area (Å²) in [6.45, 7) is 0.970. The molecule has 0 aliphatic carbocycles. The minimum absolute atomic E-state index is 0.551. The van der Waals surface area contributed by atoms with Gasteiger partial charge in [0.2, 0.25) is 0 Å². The van der Waals surface area contributed by atoms with Gasteiger partial charge in [0.25, 0.3) is 0 Å². The Kier molecular flexibility index (Phi) is 4.59. The number of benzene rings is 1. The fraction of sp³-hybridized carbons (Fsp3) is 0.267. The quantitative estimate of drug-likeness (QED) is 0.765. The lowest BCUT2D eigenvalue weighted by Gasteiger charge is -2.21. The summed E-state index contributed by atoms with van der Waals surface area (Å²) in [5.41, 5.74) is 3.69. The molecular weight excluding hydrogens is 244 g/mol. The first kappa shape index (κ1) is 12.9. The van der Waals surface area contributed by atoms with Gasteiger partial charge in [0.1, 0.15) is 0 Å². The van der Waals surface area contributed by atoms with Crippen LogP contribution >= 0.6 is 11.6 Å². The first-order valence-electron chi connectivity index (χ1n) is 6.05. The van der Waals surface area contributed by atoms with E-state index in [4.69, 9.17) is 11.6 Å². The van der Waals surface area contributed by atoms with Crippen molar-refractivity contribution in [2.75, 3.05) is 18.5 Å². The van der Waals surface area contributed by atoms with E-state index in [1.165, 1.54) is 16.8 Å². The number of anilines is 1. The fourth-order valence-corrected chi connectivity index (χ4v) is 2.19. The van der Waals surface area contributed by atoms with E-state index in [0.717, 1.165) is 13.0 Å². The number of rotatable bonds is 5. The zero-order chi connectivity index (χ0) is 12.8. The smallest absolute Gasteiger partial charge is 0.0494 e. The Morgan fingerprint density at radius 2 is 1.83 bits per heavy atom. The second kappa shape index (κ2) is 6.41. The third kappa shape index (κ3) is 3.23. The SMILES string of the molecule is CN(CCc1ccncc1)c1ccccc1CCl. The molecule has 0 aliphatic rings. The highest BCUT2D eigenvalue weighted by Gasteiger charge is 2.05. The van der Waals surface area contributed by atoms with Crippen LogP contribution in [0.5, 0.6) is 0 Å². The third-order valence-electron chi connectivity index (χ3n) is 3.03. The van der Waals surface area contributed by atoms with Crippen molar-refractivity contribution in [3.05, 3.63) is 59.9 Å². The molecule has 18 heavy (non-hydrogen) atoms. The highest BCUT2D eigenvalue weighted by Crippen LogP contribution is 2.21. The molecule has 2 aromatic rings. The minimum Gasteiger partial charge on any atom is -0.374 e. The molecule has 0 radical (unpaired) electrons. The largest absolute Gasteiger partial charge is 0.374 e. The first-order chi connectivity index (χ1) is 8.81. The van der Waals surface area contributed by atoms with E-state index in [1.807, 2.05) is 24.5 Å². The van der Waals surface area contributed by atoms with Gasteiger partial charge in [-0.3, -0.25) is 4.98 Å². The standard InChI is InChI=1S/C15H17ClN2/c1-18(11-8-13-6-9-17-10-7-13)15-5-3-2-4-14(15)12-16/h2-7,9-10H,8,11-12H2,1H3. The second-order valence-corrected chi connectivity index (χ2v) is 4.56. The average molecular weight is 261 g/mol. The second-order valence-electron chi connectivity index (χ2n) is 4.29. The molecule has 2 rings (SSSR count). The van der Waals surface area contributed by atoms with Crippen LogP contribution in [0.1, 0.15) is 11.1 Å². The predicted octanol–water partition coefficient (Wildman–Crippen LogP) is 3.50. The van der Waals surface area contributed by atoms with Crippen molar-refractivity contribution < 1.29 is 0 Å². The van der Waals surface area contributed by atoms with E-state index in [-0.39, 0.29) is 0 Å². The lowest BCUT2D eigenvalue weighted by molar-refractivity contribution is 0.870. The normalized spacial score (nSPS) is 10.3. The highest BCUT2D eigenvalue weighted by atomic mass is 35.5.